The van der Waals surface area contributed by atoms with E-state index in [-0.39, 0.29) is 12.3 Å². The number of carboxylic acid groups (broad SMARTS) is 1. The number of rotatable bonds is 10. The smallest absolute Gasteiger partial charge is 0.303 e. The fourth-order valence-electron chi connectivity index (χ4n) is 2.86. The van der Waals surface area contributed by atoms with E-state index in [4.69, 9.17) is 14.6 Å². The molecule has 1 aromatic carbocycles. The van der Waals surface area contributed by atoms with Gasteiger partial charge in [-0.05, 0) is 37.0 Å². The van der Waals surface area contributed by atoms with Gasteiger partial charge in [0.15, 0.2) is 11.5 Å². The number of carbonyl (C=O) groups excluding carboxylic acids is 1. The van der Waals surface area contributed by atoms with Crippen molar-refractivity contribution < 1.29 is 24.2 Å². The summed E-state index contributed by atoms with van der Waals surface area (Å²) in [4.78, 5) is 23.4. The Labute approximate surface area is 143 Å². The van der Waals surface area contributed by atoms with Gasteiger partial charge in [-0.3, -0.25) is 9.59 Å². The minimum absolute atomic E-state index is 0.0435. The van der Waals surface area contributed by atoms with Crippen molar-refractivity contribution in [2.24, 2.45) is 0 Å². The average Bonchev–Trinajstić information content (AvgIpc) is 2.59. The quantitative estimate of drug-likeness (QED) is 0.641. The van der Waals surface area contributed by atoms with Gasteiger partial charge in [0, 0.05) is 13.0 Å². The van der Waals surface area contributed by atoms with E-state index < -0.39 is 11.4 Å². The number of aliphatic carboxylic acids is 1. The van der Waals surface area contributed by atoms with Crippen molar-refractivity contribution in [1.29, 1.82) is 0 Å². The molecule has 0 aliphatic rings. The predicted molar refractivity (Wildman–Crippen MR) is 91.7 cm³/mol. The zero-order valence-electron chi connectivity index (χ0n) is 14.8. The van der Waals surface area contributed by atoms with Gasteiger partial charge in [0.2, 0.25) is 5.91 Å². The van der Waals surface area contributed by atoms with Crippen LogP contribution in [0.1, 0.15) is 45.1 Å². The van der Waals surface area contributed by atoms with E-state index in [1.54, 1.807) is 20.3 Å². The van der Waals surface area contributed by atoms with Gasteiger partial charge in [0.1, 0.15) is 0 Å². The minimum Gasteiger partial charge on any atom is -0.493 e. The summed E-state index contributed by atoms with van der Waals surface area (Å²) >= 11 is 0. The highest BCUT2D eigenvalue weighted by molar-refractivity contribution is 5.88. The fraction of sp³-hybridized carbons (Fsp3) is 0.556. The second kappa shape index (κ2) is 9.15. The second-order valence-electron chi connectivity index (χ2n) is 5.61. The van der Waals surface area contributed by atoms with Crippen LogP contribution in [0.2, 0.25) is 0 Å². The van der Waals surface area contributed by atoms with Gasteiger partial charge in [0.05, 0.1) is 19.6 Å². The number of ether oxygens (including phenoxy) is 2. The molecule has 0 aromatic heterocycles. The lowest BCUT2D eigenvalue weighted by molar-refractivity contribution is -0.137. The fourth-order valence-corrected chi connectivity index (χ4v) is 2.86. The average molecular weight is 337 g/mol. The van der Waals surface area contributed by atoms with Crippen LogP contribution in [-0.4, -0.2) is 37.7 Å². The topological polar surface area (TPSA) is 84.9 Å². The largest absolute Gasteiger partial charge is 0.493 e. The standard InChI is InChI=1S/C18H27NO5/c1-5-18(6-2,17(22)19-11-7-8-16(20)21)13-9-10-14(23-3)15(12-13)24-4/h9-10,12H,5-8,11H2,1-4H3,(H,19,22)(H,20,21). The summed E-state index contributed by atoms with van der Waals surface area (Å²) < 4.78 is 10.6. The number of nitrogens with one attached hydrogen (secondary N) is 1. The van der Waals surface area contributed by atoms with Gasteiger partial charge in [0.25, 0.3) is 0 Å². The molecule has 0 aliphatic heterocycles. The lowest BCUT2D eigenvalue weighted by atomic mass is 9.75. The summed E-state index contributed by atoms with van der Waals surface area (Å²) in [6.45, 7) is 4.29. The molecule has 6 heteroatoms. The van der Waals surface area contributed by atoms with E-state index in [0.29, 0.717) is 37.3 Å². The molecule has 0 aliphatic carbocycles. The molecule has 1 rings (SSSR count). The number of amides is 1. The Morgan fingerprint density at radius 1 is 1.12 bits per heavy atom. The molecule has 0 saturated carbocycles. The van der Waals surface area contributed by atoms with Crippen LogP contribution < -0.4 is 14.8 Å². The van der Waals surface area contributed by atoms with Crippen LogP contribution in [0.15, 0.2) is 18.2 Å². The van der Waals surface area contributed by atoms with Crippen molar-refractivity contribution in [3.05, 3.63) is 23.8 Å². The van der Waals surface area contributed by atoms with Crippen molar-refractivity contribution in [2.75, 3.05) is 20.8 Å². The summed E-state index contributed by atoms with van der Waals surface area (Å²) in [6, 6.07) is 5.51. The Kier molecular flexibility index (Phi) is 7.55. The molecule has 0 spiro atoms. The predicted octanol–water partition coefficient (Wildman–Crippen LogP) is 2.74. The van der Waals surface area contributed by atoms with Crippen LogP contribution in [0.3, 0.4) is 0 Å². The van der Waals surface area contributed by atoms with Crippen LogP contribution in [0.5, 0.6) is 11.5 Å². The van der Waals surface area contributed by atoms with E-state index in [9.17, 15) is 9.59 Å². The Hall–Kier alpha value is -2.24. The molecule has 0 radical (unpaired) electrons. The van der Waals surface area contributed by atoms with Gasteiger partial charge in [-0.25, -0.2) is 0 Å². The lowest BCUT2D eigenvalue weighted by Crippen LogP contribution is -2.44. The summed E-state index contributed by atoms with van der Waals surface area (Å²) in [5.74, 6) is 0.246. The zero-order chi connectivity index (χ0) is 18.2. The molecule has 24 heavy (non-hydrogen) atoms. The first-order chi connectivity index (χ1) is 11.4. The number of methoxy groups -OCH3 is 2. The zero-order valence-corrected chi connectivity index (χ0v) is 14.8. The van der Waals surface area contributed by atoms with E-state index in [1.807, 2.05) is 26.0 Å². The molecule has 0 unspecified atom stereocenters. The van der Waals surface area contributed by atoms with Crippen molar-refractivity contribution >= 4 is 11.9 Å². The normalized spacial score (nSPS) is 11.0. The molecular weight excluding hydrogens is 310 g/mol. The third-order valence-electron chi connectivity index (χ3n) is 4.43. The highest BCUT2D eigenvalue weighted by atomic mass is 16.5. The van der Waals surface area contributed by atoms with Crippen LogP contribution >= 0.6 is 0 Å². The Balaban J connectivity index is 3.02. The molecule has 134 valence electrons. The van der Waals surface area contributed by atoms with Crippen molar-refractivity contribution in [3.8, 4) is 11.5 Å². The first-order valence-corrected chi connectivity index (χ1v) is 8.17. The maximum Gasteiger partial charge on any atom is 0.303 e. The first kappa shape index (κ1) is 19.8. The van der Waals surface area contributed by atoms with Crippen LogP contribution in [0, 0.1) is 0 Å². The highest BCUT2D eigenvalue weighted by Crippen LogP contribution is 2.37. The molecule has 0 bridgehead atoms. The van der Waals surface area contributed by atoms with Gasteiger partial charge >= 0.3 is 5.97 Å². The van der Waals surface area contributed by atoms with Gasteiger partial charge in [-0.2, -0.15) is 0 Å². The maximum absolute atomic E-state index is 12.8. The maximum atomic E-state index is 12.8. The summed E-state index contributed by atoms with van der Waals surface area (Å²) in [5.41, 5.74) is 0.184. The van der Waals surface area contributed by atoms with Crippen molar-refractivity contribution in [1.82, 2.24) is 5.32 Å². The van der Waals surface area contributed by atoms with Gasteiger partial charge in [-0.1, -0.05) is 19.9 Å². The van der Waals surface area contributed by atoms with Crippen molar-refractivity contribution in [3.63, 3.8) is 0 Å². The van der Waals surface area contributed by atoms with Gasteiger partial charge in [-0.15, -0.1) is 0 Å². The molecular formula is C18H27NO5. The van der Waals surface area contributed by atoms with Crippen molar-refractivity contribution in [2.45, 2.75) is 44.9 Å². The Morgan fingerprint density at radius 3 is 2.25 bits per heavy atom. The molecule has 0 saturated heterocycles. The molecule has 1 amide bonds. The van der Waals surface area contributed by atoms with Gasteiger partial charge < -0.3 is 19.9 Å². The molecule has 6 nitrogen and oxygen atoms in total. The van der Waals surface area contributed by atoms with Crippen LogP contribution in [0.25, 0.3) is 0 Å². The van der Waals surface area contributed by atoms with E-state index in [1.165, 1.54) is 0 Å². The number of benzene rings is 1. The molecule has 0 atom stereocenters. The molecule has 1 aromatic rings. The summed E-state index contributed by atoms with van der Waals surface area (Å²) in [7, 11) is 3.13. The molecule has 2 N–H and O–H groups in total. The number of hydrogen-bond acceptors (Lipinski definition) is 4. The summed E-state index contributed by atoms with van der Waals surface area (Å²) in [5, 5.41) is 11.5. The number of hydrogen-bond donors (Lipinski definition) is 2. The lowest BCUT2D eigenvalue weighted by Gasteiger charge is -2.31. The van der Waals surface area contributed by atoms with E-state index in [0.717, 1.165) is 5.56 Å². The van der Waals surface area contributed by atoms with E-state index in [2.05, 4.69) is 5.32 Å². The highest BCUT2D eigenvalue weighted by Gasteiger charge is 2.37. The van der Waals surface area contributed by atoms with Crippen LogP contribution in [0.4, 0.5) is 0 Å². The Bertz CT molecular complexity index is 567. The minimum atomic E-state index is -0.860. The molecule has 0 heterocycles. The number of carbonyl (C=O) groups is 2. The second-order valence-corrected chi connectivity index (χ2v) is 5.61. The molecule has 0 fully saturated rings. The number of carboxylic acids is 1. The monoisotopic (exact) mass is 337 g/mol. The Morgan fingerprint density at radius 2 is 1.75 bits per heavy atom. The SMILES string of the molecule is CCC(CC)(C(=O)NCCCC(=O)O)c1ccc(OC)c(OC)c1. The third kappa shape index (κ3) is 4.40. The summed E-state index contributed by atoms with van der Waals surface area (Å²) in [6.07, 6.45) is 1.71. The van der Waals surface area contributed by atoms with Crippen LogP contribution in [-0.2, 0) is 15.0 Å². The van der Waals surface area contributed by atoms with E-state index >= 15 is 0 Å². The third-order valence-corrected chi connectivity index (χ3v) is 4.43. The first-order valence-electron chi connectivity index (χ1n) is 8.17.